The predicted molar refractivity (Wildman–Crippen MR) is 80.4 cm³/mol. The number of rotatable bonds is 4. The van der Waals surface area contributed by atoms with E-state index in [0.717, 1.165) is 18.4 Å². The summed E-state index contributed by atoms with van der Waals surface area (Å²) >= 11 is 0. The molecule has 1 heterocycles. The number of hydrogen-bond donors (Lipinski definition) is 1. The normalized spacial score (nSPS) is 28.1. The van der Waals surface area contributed by atoms with E-state index >= 15 is 0 Å². The second-order valence-corrected chi connectivity index (χ2v) is 6.55. The van der Waals surface area contributed by atoms with Crippen LogP contribution in [0.5, 0.6) is 0 Å². The standard InChI is InChI=1S/C17H22N2O2/c1-10-3-5-12(6-4-10)7-11(2)17(21)19-14-8-13(14)9-15(19)16(18)20/h3-6,11,13-15H,7-9H2,1-2H3,(H2,18,20). The van der Waals surface area contributed by atoms with E-state index in [-0.39, 0.29) is 29.8 Å². The van der Waals surface area contributed by atoms with Gasteiger partial charge in [0.15, 0.2) is 0 Å². The van der Waals surface area contributed by atoms with Crippen LogP contribution in [-0.4, -0.2) is 28.8 Å². The van der Waals surface area contributed by atoms with E-state index in [0.29, 0.717) is 12.3 Å². The fraction of sp³-hybridized carbons (Fsp3) is 0.529. The molecule has 0 bridgehead atoms. The van der Waals surface area contributed by atoms with Crippen molar-refractivity contribution < 1.29 is 9.59 Å². The van der Waals surface area contributed by atoms with Gasteiger partial charge in [-0.15, -0.1) is 0 Å². The summed E-state index contributed by atoms with van der Waals surface area (Å²) in [6.45, 7) is 3.99. The largest absolute Gasteiger partial charge is 0.368 e. The van der Waals surface area contributed by atoms with Gasteiger partial charge in [-0.05, 0) is 37.7 Å². The summed E-state index contributed by atoms with van der Waals surface area (Å²) in [6.07, 6.45) is 2.49. The van der Waals surface area contributed by atoms with Gasteiger partial charge in [0.25, 0.3) is 0 Å². The van der Waals surface area contributed by atoms with Crippen LogP contribution >= 0.6 is 0 Å². The van der Waals surface area contributed by atoms with Gasteiger partial charge >= 0.3 is 0 Å². The zero-order valence-corrected chi connectivity index (χ0v) is 12.6. The summed E-state index contributed by atoms with van der Waals surface area (Å²) < 4.78 is 0. The van der Waals surface area contributed by atoms with Crippen molar-refractivity contribution in [1.82, 2.24) is 4.90 Å². The molecular weight excluding hydrogens is 264 g/mol. The van der Waals surface area contributed by atoms with Gasteiger partial charge in [0, 0.05) is 12.0 Å². The second kappa shape index (κ2) is 5.17. The molecule has 112 valence electrons. The lowest BCUT2D eigenvalue weighted by Gasteiger charge is -2.28. The molecule has 2 N–H and O–H groups in total. The van der Waals surface area contributed by atoms with Crippen molar-refractivity contribution in [2.24, 2.45) is 17.6 Å². The van der Waals surface area contributed by atoms with Crippen molar-refractivity contribution >= 4 is 11.8 Å². The molecule has 0 radical (unpaired) electrons. The van der Waals surface area contributed by atoms with Gasteiger partial charge in [0.05, 0.1) is 0 Å². The molecule has 2 amide bonds. The summed E-state index contributed by atoms with van der Waals surface area (Å²) in [4.78, 5) is 26.0. The number of benzene rings is 1. The van der Waals surface area contributed by atoms with E-state index in [4.69, 9.17) is 5.73 Å². The Balaban J connectivity index is 1.69. The molecule has 1 aliphatic carbocycles. The smallest absolute Gasteiger partial charge is 0.240 e. The number of primary amides is 1. The number of carbonyl (C=O) groups excluding carboxylic acids is 2. The Morgan fingerprint density at radius 2 is 1.95 bits per heavy atom. The topological polar surface area (TPSA) is 63.4 Å². The molecule has 1 aliphatic heterocycles. The van der Waals surface area contributed by atoms with Crippen LogP contribution < -0.4 is 5.73 Å². The van der Waals surface area contributed by atoms with E-state index in [9.17, 15) is 9.59 Å². The Bertz CT molecular complexity index is 567. The van der Waals surface area contributed by atoms with Crippen molar-refractivity contribution in [1.29, 1.82) is 0 Å². The third kappa shape index (κ3) is 2.67. The van der Waals surface area contributed by atoms with Crippen LogP contribution in [0.2, 0.25) is 0 Å². The lowest BCUT2D eigenvalue weighted by molar-refractivity contribution is -0.141. The number of likely N-dealkylation sites (tertiary alicyclic amines) is 1. The molecule has 1 aromatic carbocycles. The van der Waals surface area contributed by atoms with Crippen LogP contribution in [-0.2, 0) is 16.0 Å². The summed E-state index contributed by atoms with van der Waals surface area (Å²) in [5, 5.41) is 0. The number of nitrogens with two attached hydrogens (primary N) is 1. The molecule has 2 aliphatic rings. The number of carbonyl (C=O) groups is 2. The lowest BCUT2D eigenvalue weighted by Crippen LogP contribution is -2.48. The maximum absolute atomic E-state index is 12.7. The lowest BCUT2D eigenvalue weighted by atomic mass is 9.98. The highest BCUT2D eigenvalue weighted by Crippen LogP contribution is 2.48. The zero-order chi connectivity index (χ0) is 15.1. The van der Waals surface area contributed by atoms with E-state index in [1.54, 1.807) is 4.90 Å². The molecule has 4 unspecified atom stereocenters. The minimum Gasteiger partial charge on any atom is -0.368 e. The molecule has 0 aromatic heterocycles. The molecule has 4 nitrogen and oxygen atoms in total. The van der Waals surface area contributed by atoms with E-state index in [1.165, 1.54) is 5.56 Å². The third-order valence-corrected chi connectivity index (χ3v) is 4.77. The van der Waals surface area contributed by atoms with Gasteiger partial charge in [0.1, 0.15) is 6.04 Å². The molecule has 3 rings (SSSR count). The maximum Gasteiger partial charge on any atom is 0.240 e. The zero-order valence-electron chi connectivity index (χ0n) is 12.6. The highest BCUT2D eigenvalue weighted by Gasteiger charge is 2.55. The number of hydrogen-bond acceptors (Lipinski definition) is 2. The van der Waals surface area contributed by atoms with Crippen molar-refractivity contribution in [3.05, 3.63) is 35.4 Å². The Hall–Kier alpha value is -1.84. The number of piperidine rings is 1. The molecule has 1 aromatic rings. The third-order valence-electron chi connectivity index (χ3n) is 4.77. The minimum atomic E-state index is -0.387. The van der Waals surface area contributed by atoms with Gasteiger partial charge in [-0.3, -0.25) is 9.59 Å². The van der Waals surface area contributed by atoms with Crippen molar-refractivity contribution in [2.45, 2.75) is 45.2 Å². The molecule has 4 atom stereocenters. The SMILES string of the molecule is Cc1ccc(CC(C)C(=O)N2C(C(N)=O)CC3CC32)cc1. The van der Waals surface area contributed by atoms with E-state index in [2.05, 4.69) is 24.3 Å². The van der Waals surface area contributed by atoms with Gasteiger partial charge in [-0.1, -0.05) is 36.8 Å². The quantitative estimate of drug-likeness (QED) is 0.914. The Kier molecular flexibility index (Phi) is 3.47. The number of fused-ring (bicyclic) bond motifs is 1. The molecule has 0 spiro atoms. The van der Waals surface area contributed by atoms with Crippen LogP contribution in [0.3, 0.4) is 0 Å². The fourth-order valence-electron chi connectivity index (χ4n) is 3.45. The first-order chi connectivity index (χ1) is 9.97. The highest BCUT2D eigenvalue weighted by molar-refractivity contribution is 5.89. The van der Waals surface area contributed by atoms with Crippen molar-refractivity contribution in [2.75, 3.05) is 0 Å². The molecule has 2 fully saturated rings. The van der Waals surface area contributed by atoms with Crippen LogP contribution in [0.25, 0.3) is 0 Å². The molecule has 4 heteroatoms. The summed E-state index contributed by atoms with van der Waals surface area (Å²) in [5.41, 5.74) is 7.82. The number of nitrogens with zero attached hydrogens (tertiary/aromatic N) is 1. The van der Waals surface area contributed by atoms with Crippen molar-refractivity contribution in [3.63, 3.8) is 0 Å². The second-order valence-electron chi connectivity index (χ2n) is 6.55. The van der Waals surface area contributed by atoms with E-state index < -0.39 is 0 Å². The summed E-state index contributed by atoms with van der Waals surface area (Å²) in [5.74, 6) is 0.0920. The average molecular weight is 286 g/mol. The molecule has 1 saturated heterocycles. The summed E-state index contributed by atoms with van der Waals surface area (Å²) in [7, 11) is 0. The Labute approximate surface area is 125 Å². The van der Waals surface area contributed by atoms with Gasteiger partial charge in [0.2, 0.25) is 11.8 Å². The first-order valence-electron chi connectivity index (χ1n) is 7.64. The first kappa shape index (κ1) is 14.1. The molecule has 1 saturated carbocycles. The monoisotopic (exact) mass is 286 g/mol. The van der Waals surface area contributed by atoms with E-state index in [1.807, 2.05) is 13.8 Å². The molecule has 21 heavy (non-hydrogen) atoms. The Morgan fingerprint density at radius 3 is 2.57 bits per heavy atom. The average Bonchev–Trinajstić information content (AvgIpc) is 3.11. The fourth-order valence-corrected chi connectivity index (χ4v) is 3.45. The van der Waals surface area contributed by atoms with Gasteiger partial charge in [-0.25, -0.2) is 0 Å². The predicted octanol–water partition coefficient (Wildman–Crippen LogP) is 1.65. The minimum absolute atomic E-state index is 0.0735. The number of amides is 2. The van der Waals surface area contributed by atoms with Gasteiger partial charge < -0.3 is 10.6 Å². The summed E-state index contributed by atoms with van der Waals surface area (Å²) in [6, 6.07) is 8.12. The van der Waals surface area contributed by atoms with Crippen LogP contribution in [0.1, 0.15) is 30.9 Å². The van der Waals surface area contributed by atoms with Crippen LogP contribution in [0, 0.1) is 18.8 Å². The van der Waals surface area contributed by atoms with Crippen molar-refractivity contribution in [3.8, 4) is 0 Å². The van der Waals surface area contributed by atoms with Crippen LogP contribution in [0.15, 0.2) is 24.3 Å². The number of aryl methyl sites for hydroxylation is 1. The van der Waals surface area contributed by atoms with Crippen LogP contribution in [0.4, 0.5) is 0 Å². The Morgan fingerprint density at radius 1 is 1.29 bits per heavy atom. The maximum atomic E-state index is 12.7. The molecular formula is C17H22N2O2. The highest BCUT2D eigenvalue weighted by atomic mass is 16.2. The first-order valence-corrected chi connectivity index (χ1v) is 7.64. The van der Waals surface area contributed by atoms with Gasteiger partial charge in [-0.2, -0.15) is 0 Å².